The number of nitrogen functional groups attached to an aromatic ring is 1. The highest BCUT2D eigenvalue weighted by atomic mass is 79.9. The molecule has 2 rings (SSSR count). The van der Waals surface area contributed by atoms with Crippen LogP contribution in [0.2, 0.25) is 0 Å². The number of hydrogen-bond donors (Lipinski definition) is 2. The lowest BCUT2D eigenvalue weighted by Gasteiger charge is -2.10. The zero-order valence-corrected chi connectivity index (χ0v) is 10.8. The number of rotatable bonds is 3. The number of para-hydroxylation sites is 1. The maximum absolute atomic E-state index is 10.9. The van der Waals surface area contributed by atoms with Crippen molar-refractivity contribution < 1.29 is 14.6 Å². The highest BCUT2D eigenvalue weighted by molar-refractivity contribution is 9.10. The second kappa shape index (κ2) is 5.10. The quantitative estimate of drug-likeness (QED) is 0.851. The minimum Gasteiger partial charge on any atom is -0.478 e. The Labute approximate surface area is 112 Å². The maximum Gasteiger partial charge on any atom is 0.337 e. The fraction of sp³-hybridized carbons (Fsp3) is 0. The molecule has 0 saturated heterocycles. The molecule has 3 N–H and O–H groups in total. The Morgan fingerprint density at radius 1 is 1.17 bits per heavy atom. The molecule has 0 unspecified atom stereocenters. The van der Waals surface area contributed by atoms with Gasteiger partial charge in [0.25, 0.3) is 0 Å². The standard InChI is InChI=1S/C13H10BrNO3/c14-8-4-6-9(7-5-8)18-11-3-1-2-10(12(11)15)13(16)17/h1-7H,15H2,(H,16,17). The molecule has 0 saturated carbocycles. The highest BCUT2D eigenvalue weighted by Crippen LogP contribution is 2.30. The zero-order valence-electron chi connectivity index (χ0n) is 9.26. The van der Waals surface area contributed by atoms with E-state index in [4.69, 9.17) is 15.6 Å². The summed E-state index contributed by atoms with van der Waals surface area (Å²) in [5.41, 5.74) is 5.90. The number of carbonyl (C=O) groups is 1. The summed E-state index contributed by atoms with van der Waals surface area (Å²) in [6.07, 6.45) is 0. The second-order valence-corrected chi connectivity index (χ2v) is 4.49. The van der Waals surface area contributed by atoms with Gasteiger partial charge in [-0.2, -0.15) is 0 Å². The van der Waals surface area contributed by atoms with Crippen LogP contribution in [0.25, 0.3) is 0 Å². The third-order valence-corrected chi connectivity index (χ3v) is 2.87. The predicted octanol–water partition coefficient (Wildman–Crippen LogP) is 3.52. The lowest BCUT2D eigenvalue weighted by atomic mass is 10.1. The number of anilines is 1. The molecule has 0 atom stereocenters. The fourth-order valence-corrected chi connectivity index (χ4v) is 1.71. The van der Waals surface area contributed by atoms with E-state index < -0.39 is 5.97 Å². The summed E-state index contributed by atoms with van der Waals surface area (Å²) in [5, 5.41) is 8.95. The first-order valence-corrected chi connectivity index (χ1v) is 5.92. The molecule has 92 valence electrons. The van der Waals surface area contributed by atoms with Crippen LogP contribution in [0, 0.1) is 0 Å². The van der Waals surface area contributed by atoms with E-state index in [1.807, 2.05) is 12.1 Å². The van der Waals surface area contributed by atoms with Crippen molar-refractivity contribution in [3.63, 3.8) is 0 Å². The van der Waals surface area contributed by atoms with Crippen LogP contribution in [0.3, 0.4) is 0 Å². The van der Waals surface area contributed by atoms with Gasteiger partial charge < -0.3 is 15.6 Å². The monoisotopic (exact) mass is 307 g/mol. The Bertz CT molecular complexity index is 581. The fourth-order valence-electron chi connectivity index (χ4n) is 1.45. The molecule has 0 heterocycles. The molecule has 0 spiro atoms. The number of hydrogen-bond acceptors (Lipinski definition) is 3. The van der Waals surface area contributed by atoms with Gasteiger partial charge in [-0.05, 0) is 36.4 Å². The molecule has 0 amide bonds. The molecular formula is C13H10BrNO3. The summed E-state index contributed by atoms with van der Waals surface area (Å²) in [4.78, 5) is 10.9. The SMILES string of the molecule is Nc1c(Oc2ccc(Br)cc2)cccc1C(=O)O. The average Bonchev–Trinajstić information content (AvgIpc) is 2.34. The molecule has 0 aliphatic rings. The summed E-state index contributed by atoms with van der Waals surface area (Å²) >= 11 is 3.32. The number of halogens is 1. The second-order valence-electron chi connectivity index (χ2n) is 3.58. The molecule has 2 aromatic carbocycles. The van der Waals surface area contributed by atoms with Crippen molar-refractivity contribution in [3.05, 3.63) is 52.5 Å². The molecule has 2 aromatic rings. The van der Waals surface area contributed by atoms with Crippen molar-refractivity contribution in [3.8, 4) is 11.5 Å². The minimum atomic E-state index is -1.08. The summed E-state index contributed by atoms with van der Waals surface area (Å²) in [6.45, 7) is 0. The Hall–Kier alpha value is -2.01. The molecule has 0 aliphatic heterocycles. The Morgan fingerprint density at radius 2 is 1.83 bits per heavy atom. The van der Waals surface area contributed by atoms with E-state index >= 15 is 0 Å². The lowest BCUT2D eigenvalue weighted by Crippen LogP contribution is -2.03. The van der Waals surface area contributed by atoms with Gasteiger partial charge in [-0.15, -0.1) is 0 Å². The van der Waals surface area contributed by atoms with Gasteiger partial charge in [-0.3, -0.25) is 0 Å². The minimum absolute atomic E-state index is 0.0320. The number of aromatic carboxylic acids is 1. The first-order chi connectivity index (χ1) is 8.58. The molecule has 0 radical (unpaired) electrons. The first-order valence-electron chi connectivity index (χ1n) is 5.13. The lowest BCUT2D eigenvalue weighted by molar-refractivity contribution is 0.0698. The summed E-state index contributed by atoms with van der Waals surface area (Å²) in [5.74, 6) is -0.154. The number of carboxylic acids is 1. The van der Waals surface area contributed by atoms with Crippen LogP contribution in [-0.4, -0.2) is 11.1 Å². The van der Waals surface area contributed by atoms with Gasteiger partial charge in [-0.1, -0.05) is 22.0 Å². The number of ether oxygens (including phenoxy) is 1. The number of carboxylic acid groups (broad SMARTS) is 1. The van der Waals surface area contributed by atoms with E-state index in [-0.39, 0.29) is 11.3 Å². The van der Waals surface area contributed by atoms with Gasteiger partial charge >= 0.3 is 5.97 Å². The van der Waals surface area contributed by atoms with Crippen LogP contribution in [0.15, 0.2) is 46.9 Å². The van der Waals surface area contributed by atoms with Crippen LogP contribution < -0.4 is 10.5 Å². The Morgan fingerprint density at radius 3 is 2.44 bits per heavy atom. The van der Waals surface area contributed by atoms with Crippen molar-refractivity contribution >= 4 is 27.6 Å². The van der Waals surface area contributed by atoms with Crippen molar-refractivity contribution in [2.75, 3.05) is 5.73 Å². The molecule has 0 aliphatic carbocycles. The average molecular weight is 308 g/mol. The van der Waals surface area contributed by atoms with Gasteiger partial charge in [0.05, 0.1) is 11.3 Å². The van der Waals surface area contributed by atoms with Crippen LogP contribution in [0.1, 0.15) is 10.4 Å². The van der Waals surface area contributed by atoms with E-state index in [1.165, 1.54) is 6.07 Å². The largest absolute Gasteiger partial charge is 0.478 e. The highest BCUT2D eigenvalue weighted by Gasteiger charge is 2.12. The first kappa shape index (κ1) is 12.4. The van der Waals surface area contributed by atoms with Crippen molar-refractivity contribution in [1.29, 1.82) is 0 Å². The smallest absolute Gasteiger partial charge is 0.337 e. The van der Waals surface area contributed by atoms with Gasteiger partial charge in [0.1, 0.15) is 5.75 Å². The Kier molecular flexibility index (Phi) is 3.53. The van der Waals surface area contributed by atoms with Crippen molar-refractivity contribution in [2.45, 2.75) is 0 Å². The Balaban J connectivity index is 2.32. The predicted molar refractivity (Wildman–Crippen MR) is 72.0 cm³/mol. The topological polar surface area (TPSA) is 72.5 Å². The van der Waals surface area contributed by atoms with Gasteiger partial charge in [0, 0.05) is 4.47 Å². The van der Waals surface area contributed by atoms with E-state index in [0.29, 0.717) is 11.5 Å². The normalized spacial score (nSPS) is 10.1. The molecular weight excluding hydrogens is 298 g/mol. The molecule has 0 aromatic heterocycles. The van der Waals surface area contributed by atoms with Crippen LogP contribution in [0.5, 0.6) is 11.5 Å². The van der Waals surface area contributed by atoms with E-state index in [0.717, 1.165) is 4.47 Å². The number of benzene rings is 2. The van der Waals surface area contributed by atoms with Gasteiger partial charge in [0.15, 0.2) is 5.75 Å². The van der Waals surface area contributed by atoms with Gasteiger partial charge in [0.2, 0.25) is 0 Å². The van der Waals surface area contributed by atoms with Crippen LogP contribution in [0.4, 0.5) is 5.69 Å². The summed E-state index contributed by atoms with van der Waals surface area (Å²) in [6, 6.07) is 11.8. The van der Waals surface area contributed by atoms with Crippen molar-refractivity contribution in [2.24, 2.45) is 0 Å². The maximum atomic E-state index is 10.9. The van der Waals surface area contributed by atoms with Crippen LogP contribution >= 0.6 is 15.9 Å². The van der Waals surface area contributed by atoms with Gasteiger partial charge in [-0.25, -0.2) is 4.79 Å². The zero-order chi connectivity index (χ0) is 13.1. The van der Waals surface area contributed by atoms with E-state index in [9.17, 15) is 4.79 Å². The third kappa shape index (κ3) is 2.62. The summed E-state index contributed by atoms with van der Waals surface area (Å²) in [7, 11) is 0. The molecule has 0 bridgehead atoms. The van der Waals surface area contributed by atoms with Crippen molar-refractivity contribution in [1.82, 2.24) is 0 Å². The van der Waals surface area contributed by atoms with Crippen LogP contribution in [-0.2, 0) is 0 Å². The molecule has 18 heavy (non-hydrogen) atoms. The number of nitrogens with two attached hydrogens (primary N) is 1. The summed E-state index contributed by atoms with van der Waals surface area (Å²) < 4.78 is 6.48. The molecule has 4 nitrogen and oxygen atoms in total. The third-order valence-electron chi connectivity index (χ3n) is 2.34. The molecule has 5 heteroatoms. The van der Waals surface area contributed by atoms with E-state index in [1.54, 1.807) is 24.3 Å². The van der Waals surface area contributed by atoms with E-state index in [2.05, 4.69) is 15.9 Å². The molecule has 0 fully saturated rings.